The van der Waals surface area contributed by atoms with Crippen molar-refractivity contribution in [3.05, 3.63) is 0 Å². The summed E-state index contributed by atoms with van der Waals surface area (Å²) in [5.41, 5.74) is 0.815. The third kappa shape index (κ3) is 5.07. The smallest absolute Gasteiger partial charge is 0.00967 e. The normalized spacial score (nSPS) is 25.4. The highest BCUT2D eigenvalue weighted by molar-refractivity contribution is 4.90. The number of hydrogen-bond donors (Lipinski definition) is 1. The van der Waals surface area contributed by atoms with Crippen molar-refractivity contribution in [3.63, 3.8) is 0 Å². The molecule has 0 aromatic heterocycles. The van der Waals surface area contributed by atoms with E-state index in [0.717, 1.165) is 0 Å². The molecule has 112 valence electrons. The van der Waals surface area contributed by atoms with Crippen LogP contribution in [0, 0.1) is 5.41 Å². The summed E-state index contributed by atoms with van der Waals surface area (Å²) in [7, 11) is 0. The second-order valence-electron chi connectivity index (χ2n) is 8.00. The molecule has 2 fully saturated rings. The van der Waals surface area contributed by atoms with E-state index in [2.05, 4.69) is 31.0 Å². The van der Waals surface area contributed by atoms with Gasteiger partial charge >= 0.3 is 0 Å². The van der Waals surface area contributed by atoms with E-state index in [9.17, 15) is 0 Å². The first kappa shape index (κ1) is 15.3. The van der Waals surface area contributed by atoms with Crippen molar-refractivity contribution >= 4 is 0 Å². The Morgan fingerprint density at radius 1 is 0.895 bits per heavy atom. The molecule has 0 aromatic carbocycles. The molecule has 0 bridgehead atoms. The fourth-order valence-electron chi connectivity index (χ4n) is 3.74. The molecule has 2 heteroatoms. The van der Waals surface area contributed by atoms with Crippen LogP contribution >= 0.6 is 0 Å². The quantitative estimate of drug-likeness (QED) is 0.832. The van der Waals surface area contributed by atoms with Gasteiger partial charge in [0.2, 0.25) is 0 Å². The summed E-state index contributed by atoms with van der Waals surface area (Å²) in [6, 6.07) is 0. The first-order valence-electron chi connectivity index (χ1n) is 8.47. The number of hydrogen-bond acceptors (Lipinski definition) is 2. The van der Waals surface area contributed by atoms with Gasteiger partial charge in [0.05, 0.1) is 0 Å². The van der Waals surface area contributed by atoms with Crippen LogP contribution in [0.4, 0.5) is 0 Å². The van der Waals surface area contributed by atoms with Gasteiger partial charge in [0.15, 0.2) is 0 Å². The maximum atomic E-state index is 3.80. The highest BCUT2D eigenvalue weighted by Crippen LogP contribution is 2.37. The molecular formula is C17H34N2. The third-order valence-corrected chi connectivity index (χ3v) is 4.92. The fraction of sp³-hybridized carbons (Fsp3) is 1.00. The van der Waals surface area contributed by atoms with Crippen LogP contribution < -0.4 is 5.32 Å². The SMILES string of the molecule is CC(C)(C)NCC1(CN2CCCCC2)CCCCC1. The van der Waals surface area contributed by atoms with Gasteiger partial charge in [-0.05, 0) is 65.0 Å². The van der Waals surface area contributed by atoms with Crippen LogP contribution in [0.15, 0.2) is 0 Å². The van der Waals surface area contributed by atoms with E-state index in [0.29, 0.717) is 5.41 Å². The lowest BCUT2D eigenvalue weighted by Gasteiger charge is -2.44. The molecule has 2 nitrogen and oxygen atoms in total. The maximum absolute atomic E-state index is 3.80. The van der Waals surface area contributed by atoms with Crippen molar-refractivity contribution < 1.29 is 0 Å². The molecule has 0 unspecified atom stereocenters. The van der Waals surface area contributed by atoms with Crippen molar-refractivity contribution in [3.8, 4) is 0 Å². The number of nitrogens with zero attached hydrogens (tertiary/aromatic N) is 1. The Morgan fingerprint density at radius 3 is 2.05 bits per heavy atom. The Labute approximate surface area is 120 Å². The molecule has 0 spiro atoms. The zero-order chi connectivity index (χ0) is 13.8. The van der Waals surface area contributed by atoms with Gasteiger partial charge in [-0.3, -0.25) is 0 Å². The van der Waals surface area contributed by atoms with Crippen LogP contribution in [0.5, 0.6) is 0 Å². The predicted octanol–water partition coefficient (Wildman–Crippen LogP) is 3.81. The lowest BCUT2D eigenvalue weighted by Crippen LogP contribution is -2.50. The average molecular weight is 266 g/mol. The van der Waals surface area contributed by atoms with Crippen LogP contribution in [-0.2, 0) is 0 Å². The Hall–Kier alpha value is -0.0800. The Balaban J connectivity index is 1.93. The third-order valence-electron chi connectivity index (χ3n) is 4.92. The summed E-state index contributed by atoms with van der Waals surface area (Å²) in [6.45, 7) is 12.1. The van der Waals surface area contributed by atoms with E-state index in [1.54, 1.807) is 0 Å². The summed E-state index contributed by atoms with van der Waals surface area (Å²) in [4.78, 5) is 2.75. The summed E-state index contributed by atoms with van der Waals surface area (Å²) in [6.07, 6.45) is 11.5. The molecule has 1 saturated heterocycles. The molecule has 0 atom stereocenters. The summed E-state index contributed by atoms with van der Waals surface area (Å²) in [5.74, 6) is 0. The van der Waals surface area contributed by atoms with Gasteiger partial charge in [-0.1, -0.05) is 25.7 Å². The van der Waals surface area contributed by atoms with Gasteiger partial charge in [0.25, 0.3) is 0 Å². The number of nitrogens with one attached hydrogen (secondary N) is 1. The zero-order valence-corrected chi connectivity index (χ0v) is 13.4. The van der Waals surface area contributed by atoms with Crippen LogP contribution in [-0.4, -0.2) is 36.6 Å². The first-order chi connectivity index (χ1) is 8.99. The second-order valence-corrected chi connectivity index (χ2v) is 8.00. The highest BCUT2D eigenvalue weighted by Gasteiger charge is 2.34. The van der Waals surface area contributed by atoms with Gasteiger partial charge in [-0.2, -0.15) is 0 Å². The summed E-state index contributed by atoms with van der Waals surface area (Å²) >= 11 is 0. The molecule has 2 rings (SSSR count). The van der Waals surface area contributed by atoms with Crippen LogP contribution in [0.2, 0.25) is 0 Å². The average Bonchev–Trinajstić information content (AvgIpc) is 2.38. The van der Waals surface area contributed by atoms with E-state index in [1.807, 2.05) is 0 Å². The van der Waals surface area contributed by atoms with E-state index < -0.39 is 0 Å². The van der Waals surface area contributed by atoms with E-state index in [1.165, 1.54) is 77.5 Å². The first-order valence-corrected chi connectivity index (χ1v) is 8.47. The van der Waals surface area contributed by atoms with Crippen LogP contribution in [0.25, 0.3) is 0 Å². The largest absolute Gasteiger partial charge is 0.311 e. The highest BCUT2D eigenvalue weighted by atomic mass is 15.1. The molecule has 1 aliphatic carbocycles. The van der Waals surface area contributed by atoms with Crippen molar-refractivity contribution in [2.24, 2.45) is 5.41 Å². The molecule has 0 aromatic rings. The Bertz CT molecular complexity index is 255. The fourth-order valence-corrected chi connectivity index (χ4v) is 3.74. The Kier molecular flexibility index (Phi) is 5.30. The van der Waals surface area contributed by atoms with E-state index in [-0.39, 0.29) is 5.54 Å². The zero-order valence-electron chi connectivity index (χ0n) is 13.4. The molecular weight excluding hydrogens is 232 g/mol. The van der Waals surface area contributed by atoms with Gasteiger partial charge in [0.1, 0.15) is 0 Å². The maximum Gasteiger partial charge on any atom is 0.00967 e. The van der Waals surface area contributed by atoms with Gasteiger partial charge in [-0.15, -0.1) is 0 Å². The number of rotatable bonds is 4. The molecule has 0 radical (unpaired) electrons. The number of piperidine rings is 1. The van der Waals surface area contributed by atoms with Crippen molar-refractivity contribution in [2.45, 2.75) is 77.7 Å². The topological polar surface area (TPSA) is 15.3 Å². The molecule has 2 aliphatic rings. The van der Waals surface area contributed by atoms with Crippen LogP contribution in [0.1, 0.15) is 72.1 Å². The lowest BCUT2D eigenvalue weighted by atomic mass is 9.73. The molecule has 19 heavy (non-hydrogen) atoms. The second kappa shape index (κ2) is 6.58. The standard InChI is InChI=1S/C17H34N2/c1-16(2,3)18-14-17(10-6-4-7-11-17)15-19-12-8-5-9-13-19/h18H,4-15H2,1-3H3. The van der Waals surface area contributed by atoms with Crippen molar-refractivity contribution in [2.75, 3.05) is 26.2 Å². The lowest BCUT2D eigenvalue weighted by molar-refractivity contribution is 0.0837. The van der Waals surface area contributed by atoms with E-state index >= 15 is 0 Å². The minimum atomic E-state index is 0.256. The molecule has 1 saturated carbocycles. The van der Waals surface area contributed by atoms with Gasteiger partial charge < -0.3 is 10.2 Å². The molecule has 1 aliphatic heterocycles. The van der Waals surface area contributed by atoms with Gasteiger partial charge in [-0.25, -0.2) is 0 Å². The van der Waals surface area contributed by atoms with E-state index in [4.69, 9.17) is 0 Å². The molecule has 1 N–H and O–H groups in total. The monoisotopic (exact) mass is 266 g/mol. The predicted molar refractivity (Wildman–Crippen MR) is 83.6 cm³/mol. The Morgan fingerprint density at radius 2 is 1.47 bits per heavy atom. The van der Waals surface area contributed by atoms with Crippen molar-refractivity contribution in [1.82, 2.24) is 10.2 Å². The van der Waals surface area contributed by atoms with Crippen LogP contribution in [0.3, 0.4) is 0 Å². The molecule has 1 heterocycles. The molecule has 0 amide bonds. The minimum Gasteiger partial charge on any atom is -0.311 e. The van der Waals surface area contributed by atoms with Gasteiger partial charge in [0, 0.05) is 18.6 Å². The minimum absolute atomic E-state index is 0.256. The summed E-state index contributed by atoms with van der Waals surface area (Å²) < 4.78 is 0. The number of likely N-dealkylation sites (tertiary alicyclic amines) is 1. The van der Waals surface area contributed by atoms with Crippen molar-refractivity contribution in [1.29, 1.82) is 0 Å². The summed E-state index contributed by atoms with van der Waals surface area (Å²) in [5, 5.41) is 3.80.